The van der Waals surface area contributed by atoms with Gasteiger partial charge < -0.3 is 10.2 Å². The van der Waals surface area contributed by atoms with Crippen LogP contribution in [-0.2, 0) is 16.0 Å². The lowest BCUT2D eigenvalue weighted by Crippen LogP contribution is -2.60. The van der Waals surface area contributed by atoms with Crippen molar-refractivity contribution >= 4 is 23.2 Å². The largest absolute Gasteiger partial charge is 0.342 e. The van der Waals surface area contributed by atoms with Gasteiger partial charge in [-0.15, -0.1) is 11.3 Å². The highest BCUT2D eigenvalue weighted by atomic mass is 32.1. The maximum Gasteiger partial charge on any atom is 0.245 e. The maximum absolute atomic E-state index is 12.3. The monoisotopic (exact) mass is 281 g/mol. The van der Waals surface area contributed by atoms with Gasteiger partial charge in [0.05, 0.1) is 17.7 Å². The molecule has 1 aliphatic heterocycles. The number of hydrogen-bond donors (Lipinski definition) is 1. The maximum atomic E-state index is 12.3. The average molecular weight is 281 g/mol. The Morgan fingerprint density at radius 2 is 2.37 bits per heavy atom. The summed E-state index contributed by atoms with van der Waals surface area (Å²) in [6.45, 7) is 4.74. The van der Waals surface area contributed by atoms with Crippen LogP contribution in [0.15, 0.2) is 10.9 Å². The molecule has 5 nitrogen and oxygen atoms in total. The van der Waals surface area contributed by atoms with Gasteiger partial charge in [0.15, 0.2) is 0 Å². The first-order valence-corrected chi connectivity index (χ1v) is 7.51. The van der Waals surface area contributed by atoms with E-state index in [0.717, 1.165) is 12.1 Å². The molecule has 2 rings (SSSR count). The molecule has 19 heavy (non-hydrogen) atoms. The molecule has 0 aromatic carbocycles. The predicted molar refractivity (Wildman–Crippen MR) is 73.8 cm³/mol. The van der Waals surface area contributed by atoms with Crippen LogP contribution >= 0.6 is 11.3 Å². The summed E-state index contributed by atoms with van der Waals surface area (Å²) in [5.74, 6) is 0.130. The molecule has 0 radical (unpaired) electrons. The van der Waals surface area contributed by atoms with Crippen LogP contribution in [-0.4, -0.2) is 40.8 Å². The number of nitrogens with one attached hydrogen (secondary N) is 1. The molecule has 1 N–H and O–H groups in total. The third-order valence-corrected chi connectivity index (χ3v) is 4.20. The molecule has 1 aromatic rings. The third-order valence-electron chi connectivity index (χ3n) is 3.56. The topological polar surface area (TPSA) is 62.3 Å². The molecule has 6 heteroatoms. The summed E-state index contributed by atoms with van der Waals surface area (Å²) < 4.78 is 0. The average Bonchev–Trinajstić information content (AvgIpc) is 2.91. The molecule has 104 valence electrons. The number of carbonyl (C=O) groups is 2. The quantitative estimate of drug-likeness (QED) is 0.878. The van der Waals surface area contributed by atoms with Gasteiger partial charge in [-0.1, -0.05) is 20.3 Å². The minimum Gasteiger partial charge on any atom is -0.342 e. The lowest BCUT2D eigenvalue weighted by atomic mass is 9.96. The molecule has 2 heterocycles. The van der Waals surface area contributed by atoms with Gasteiger partial charge >= 0.3 is 0 Å². The summed E-state index contributed by atoms with van der Waals surface area (Å²) in [4.78, 5) is 29.9. The molecule has 1 saturated heterocycles. The predicted octanol–water partition coefficient (Wildman–Crippen LogP) is 1.06. The second kappa shape index (κ2) is 6.14. The van der Waals surface area contributed by atoms with Gasteiger partial charge in [-0.2, -0.15) is 0 Å². The highest BCUT2D eigenvalue weighted by Crippen LogP contribution is 2.15. The van der Waals surface area contributed by atoms with Crippen molar-refractivity contribution in [1.82, 2.24) is 15.2 Å². The molecular formula is C13H19N3O2S. The zero-order valence-electron chi connectivity index (χ0n) is 11.3. The summed E-state index contributed by atoms with van der Waals surface area (Å²) in [6.07, 6.45) is 1.58. The van der Waals surface area contributed by atoms with Crippen LogP contribution in [0.5, 0.6) is 0 Å². The van der Waals surface area contributed by atoms with E-state index in [1.54, 1.807) is 21.7 Å². The highest BCUT2D eigenvalue weighted by molar-refractivity contribution is 7.07. The fourth-order valence-corrected chi connectivity index (χ4v) is 2.74. The van der Waals surface area contributed by atoms with Crippen molar-refractivity contribution in [1.29, 1.82) is 0 Å². The smallest absolute Gasteiger partial charge is 0.245 e. The number of aromatic nitrogens is 1. The molecule has 1 fully saturated rings. The Kier molecular flexibility index (Phi) is 4.52. The number of rotatable bonds is 5. The van der Waals surface area contributed by atoms with Gasteiger partial charge in [0.25, 0.3) is 0 Å². The van der Waals surface area contributed by atoms with Crippen molar-refractivity contribution in [2.75, 3.05) is 13.1 Å². The minimum atomic E-state index is -0.373. The zero-order valence-corrected chi connectivity index (χ0v) is 12.1. The summed E-state index contributed by atoms with van der Waals surface area (Å²) >= 11 is 1.54. The van der Waals surface area contributed by atoms with Crippen molar-refractivity contribution in [3.05, 3.63) is 16.6 Å². The molecule has 0 bridgehead atoms. The second-order valence-electron chi connectivity index (χ2n) is 4.92. The standard InChI is InChI=1S/C13H19N3O2S/c1-3-9(2)12-13(18)16(6-11(17)15-12)5-4-10-7-19-8-14-10/h7-9,12H,3-6H2,1-2H3,(H,15,17). The Balaban J connectivity index is 1.99. The van der Waals surface area contributed by atoms with E-state index < -0.39 is 0 Å². The van der Waals surface area contributed by atoms with E-state index in [1.165, 1.54) is 0 Å². The molecule has 2 unspecified atom stereocenters. The van der Waals surface area contributed by atoms with Crippen LogP contribution in [0.2, 0.25) is 0 Å². The zero-order chi connectivity index (χ0) is 13.8. The highest BCUT2D eigenvalue weighted by Gasteiger charge is 2.35. The van der Waals surface area contributed by atoms with E-state index in [0.29, 0.717) is 13.0 Å². The number of piperazine rings is 1. The van der Waals surface area contributed by atoms with Crippen molar-refractivity contribution in [3.63, 3.8) is 0 Å². The Hall–Kier alpha value is -1.43. The molecule has 2 amide bonds. The van der Waals surface area contributed by atoms with Crippen LogP contribution in [0.1, 0.15) is 26.0 Å². The van der Waals surface area contributed by atoms with Crippen molar-refractivity contribution in [2.45, 2.75) is 32.7 Å². The van der Waals surface area contributed by atoms with E-state index >= 15 is 0 Å². The first kappa shape index (κ1) is 14.0. The van der Waals surface area contributed by atoms with Crippen LogP contribution < -0.4 is 5.32 Å². The van der Waals surface area contributed by atoms with Crippen molar-refractivity contribution in [3.8, 4) is 0 Å². The normalized spacial score (nSPS) is 21.4. The van der Waals surface area contributed by atoms with Gasteiger partial charge in [0.2, 0.25) is 11.8 Å². The minimum absolute atomic E-state index is 0.0316. The van der Waals surface area contributed by atoms with E-state index in [1.807, 2.05) is 19.2 Å². The number of carbonyl (C=O) groups excluding carboxylic acids is 2. The van der Waals surface area contributed by atoms with Crippen LogP contribution in [0.25, 0.3) is 0 Å². The van der Waals surface area contributed by atoms with Crippen molar-refractivity contribution in [2.24, 2.45) is 5.92 Å². The Morgan fingerprint density at radius 3 is 3.00 bits per heavy atom. The number of nitrogens with zero attached hydrogens (tertiary/aromatic N) is 2. The lowest BCUT2D eigenvalue weighted by Gasteiger charge is -2.35. The van der Waals surface area contributed by atoms with Gasteiger partial charge in [-0.05, 0) is 5.92 Å². The van der Waals surface area contributed by atoms with Gasteiger partial charge in [0, 0.05) is 18.3 Å². The SMILES string of the molecule is CCC(C)C1NC(=O)CN(CCc2cscn2)C1=O. The van der Waals surface area contributed by atoms with E-state index in [-0.39, 0.29) is 30.3 Å². The fourth-order valence-electron chi connectivity index (χ4n) is 2.15. The number of thiazole rings is 1. The first-order valence-electron chi connectivity index (χ1n) is 6.57. The van der Waals surface area contributed by atoms with Crippen LogP contribution in [0, 0.1) is 5.92 Å². The Morgan fingerprint density at radius 1 is 1.58 bits per heavy atom. The van der Waals surface area contributed by atoms with Crippen LogP contribution in [0.3, 0.4) is 0 Å². The van der Waals surface area contributed by atoms with E-state index in [9.17, 15) is 9.59 Å². The second-order valence-corrected chi connectivity index (χ2v) is 5.64. The molecule has 0 saturated carbocycles. The molecule has 0 spiro atoms. The lowest BCUT2D eigenvalue weighted by molar-refractivity contribution is -0.145. The molecule has 0 aliphatic carbocycles. The fraction of sp³-hybridized carbons (Fsp3) is 0.615. The molecule has 1 aliphatic rings. The van der Waals surface area contributed by atoms with E-state index in [2.05, 4.69) is 10.3 Å². The summed E-state index contributed by atoms with van der Waals surface area (Å²) in [6, 6.07) is -0.373. The Labute approximate surface area is 117 Å². The molecule has 1 aromatic heterocycles. The molecule has 2 atom stereocenters. The van der Waals surface area contributed by atoms with Crippen LogP contribution in [0.4, 0.5) is 0 Å². The molecular weight excluding hydrogens is 262 g/mol. The first-order chi connectivity index (χ1) is 9.11. The third kappa shape index (κ3) is 3.32. The number of amides is 2. The van der Waals surface area contributed by atoms with Crippen molar-refractivity contribution < 1.29 is 9.59 Å². The number of hydrogen-bond acceptors (Lipinski definition) is 4. The van der Waals surface area contributed by atoms with Gasteiger partial charge in [0.1, 0.15) is 6.04 Å². The summed E-state index contributed by atoms with van der Waals surface area (Å²) in [5, 5.41) is 4.77. The van der Waals surface area contributed by atoms with Gasteiger partial charge in [-0.3, -0.25) is 9.59 Å². The van der Waals surface area contributed by atoms with Gasteiger partial charge in [-0.25, -0.2) is 4.98 Å². The summed E-state index contributed by atoms with van der Waals surface area (Å²) in [5.41, 5.74) is 2.76. The van der Waals surface area contributed by atoms with E-state index in [4.69, 9.17) is 0 Å². The summed E-state index contributed by atoms with van der Waals surface area (Å²) in [7, 11) is 0. The Bertz CT molecular complexity index is 447.